The first-order valence-corrected chi connectivity index (χ1v) is 5.81. The third-order valence-electron chi connectivity index (χ3n) is 2.72. The number of aliphatic hydroxyl groups is 1. The number of rotatable bonds is 3. The highest BCUT2D eigenvalue weighted by atomic mass is 16.4. The molecule has 1 unspecified atom stereocenters. The second kappa shape index (κ2) is 4.37. The summed E-state index contributed by atoms with van der Waals surface area (Å²) >= 11 is 0. The molecule has 2 rings (SSSR count). The zero-order valence-corrected chi connectivity index (χ0v) is 10.3. The van der Waals surface area contributed by atoms with E-state index in [4.69, 9.17) is 4.42 Å². The Labute approximate surface area is 99.5 Å². The average Bonchev–Trinajstić information content (AvgIpc) is 2.52. The van der Waals surface area contributed by atoms with E-state index in [1.165, 1.54) is 0 Å². The third-order valence-corrected chi connectivity index (χ3v) is 2.72. The first-order chi connectivity index (χ1) is 7.99. The SMILES string of the molecule is CC(O)Cc1ccc2oc(=O)n(C(C)C)c2c1. The van der Waals surface area contributed by atoms with Crippen molar-refractivity contribution in [2.45, 2.75) is 39.3 Å². The van der Waals surface area contributed by atoms with Gasteiger partial charge in [-0.25, -0.2) is 4.79 Å². The summed E-state index contributed by atoms with van der Waals surface area (Å²) < 4.78 is 6.79. The molecule has 1 heterocycles. The Morgan fingerprint density at radius 1 is 1.35 bits per heavy atom. The van der Waals surface area contributed by atoms with Gasteiger partial charge >= 0.3 is 5.76 Å². The van der Waals surface area contributed by atoms with Crippen LogP contribution in [0.5, 0.6) is 0 Å². The fourth-order valence-corrected chi connectivity index (χ4v) is 2.04. The minimum Gasteiger partial charge on any atom is -0.408 e. The summed E-state index contributed by atoms with van der Waals surface area (Å²) in [7, 11) is 0. The van der Waals surface area contributed by atoms with Crippen LogP contribution in [-0.2, 0) is 6.42 Å². The Kier molecular flexibility index (Phi) is 3.07. The number of hydrogen-bond acceptors (Lipinski definition) is 3. The topological polar surface area (TPSA) is 55.4 Å². The molecule has 17 heavy (non-hydrogen) atoms. The molecule has 92 valence electrons. The van der Waals surface area contributed by atoms with Gasteiger partial charge in [0.05, 0.1) is 11.6 Å². The van der Waals surface area contributed by atoms with E-state index < -0.39 is 6.10 Å². The van der Waals surface area contributed by atoms with Gasteiger partial charge < -0.3 is 9.52 Å². The van der Waals surface area contributed by atoms with Crippen molar-refractivity contribution in [2.24, 2.45) is 0 Å². The van der Waals surface area contributed by atoms with Gasteiger partial charge in [0.25, 0.3) is 0 Å². The van der Waals surface area contributed by atoms with Gasteiger partial charge in [0, 0.05) is 6.04 Å². The Morgan fingerprint density at radius 3 is 2.65 bits per heavy atom. The molecule has 0 amide bonds. The second-order valence-corrected chi connectivity index (χ2v) is 4.69. The first-order valence-electron chi connectivity index (χ1n) is 5.81. The summed E-state index contributed by atoms with van der Waals surface area (Å²) in [5.41, 5.74) is 2.39. The van der Waals surface area contributed by atoms with Crippen molar-refractivity contribution in [3.8, 4) is 0 Å². The van der Waals surface area contributed by atoms with Crippen LogP contribution >= 0.6 is 0 Å². The highest BCUT2D eigenvalue weighted by molar-refractivity contribution is 5.74. The van der Waals surface area contributed by atoms with E-state index in [0.29, 0.717) is 12.0 Å². The van der Waals surface area contributed by atoms with Crippen LogP contribution in [0, 0.1) is 0 Å². The van der Waals surface area contributed by atoms with Crippen LogP contribution in [-0.4, -0.2) is 15.8 Å². The van der Waals surface area contributed by atoms with Crippen LogP contribution in [0.3, 0.4) is 0 Å². The first kappa shape index (κ1) is 11.9. The molecule has 0 spiro atoms. The number of oxazole rings is 1. The maximum Gasteiger partial charge on any atom is 0.420 e. The lowest BCUT2D eigenvalue weighted by Crippen LogP contribution is -2.16. The molecule has 0 aliphatic carbocycles. The maximum atomic E-state index is 11.7. The third kappa shape index (κ3) is 2.26. The molecule has 4 heteroatoms. The average molecular weight is 235 g/mol. The molecule has 4 nitrogen and oxygen atoms in total. The van der Waals surface area contributed by atoms with Crippen molar-refractivity contribution in [1.82, 2.24) is 4.57 Å². The summed E-state index contributed by atoms with van der Waals surface area (Å²) in [4.78, 5) is 11.7. The van der Waals surface area contributed by atoms with E-state index in [2.05, 4.69) is 0 Å². The van der Waals surface area contributed by atoms with E-state index >= 15 is 0 Å². The summed E-state index contributed by atoms with van der Waals surface area (Å²) in [6.45, 7) is 5.63. The number of fused-ring (bicyclic) bond motifs is 1. The smallest absolute Gasteiger partial charge is 0.408 e. The van der Waals surface area contributed by atoms with Crippen molar-refractivity contribution >= 4 is 11.1 Å². The fourth-order valence-electron chi connectivity index (χ4n) is 2.04. The van der Waals surface area contributed by atoms with E-state index in [1.54, 1.807) is 17.6 Å². The van der Waals surface area contributed by atoms with Crippen molar-refractivity contribution in [1.29, 1.82) is 0 Å². The lowest BCUT2D eigenvalue weighted by Gasteiger charge is -2.07. The largest absolute Gasteiger partial charge is 0.420 e. The minimum absolute atomic E-state index is 0.0607. The lowest BCUT2D eigenvalue weighted by atomic mass is 10.1. The van der Waals surface area contributed by atoms with Crippen LogP contribution in [0.15, 0.2) is 27.4 Å². The van der Waals surface area contributed by atoms with E-state index in [1.807, 2.05) is 26.0 Å². The Bertz CT molecular complexity index is 578. The van der Waals surface area contributed by atoms with Gasteiger partial charge in [-0.1, -0.05) is 6.07 Å². The van der Waals surface area contributed by atoms with Crippen molar-refractivity contribution in [3.05, 3.63) is 34.3 Å². The van der Waals surface area contributed by atoms with Gasteiger partial charge in [-0.05, 0) is 44.9 Å². The standard InChI is InChI=1S/C13H17NO3/c1-8(2)14-11-7-10(6-9(3)15)4-5-12(11)17-13(14)16/h4-5,7-9,15H,6H2,1-3H3. The Hall–Kier alpha value is -1.55. The second-order valence-electron chi connectivity index (χ2n) is 4.69. The van der Waals surface area contributed by atoms with E-state index in [-0.39, 0.29) is 11.8 Å². The predicted octanol–water partition coefficient (Wildman–Crippen LogP) is 2.10. The van der Waals surface area contributed by atoms with E-state index in [9.17, 15) is 9.90 Å². The number of benzene rings is 1. The molecule has 0 aliphatic rings. The van der Waals surface area contributed by atoms with Gasteiger partial charge in [0.15, 0.2) is 5.58 Å². The number of nitrogens with zero attached hydrogens (tertiary/aromatic N) is 1. The van der Waals surface area contributed by atoms with Gasteiger partial charge in [-0.2, -0.15) is 0 Å². The number of aromatic nitrogens is 1. The molecule has 1 N–H and O–H groups in total. The number of hydrogen-bond donors (Lipinski definition) is 1. The lowest BCUT2D eigenvalue weighted by molar-refractivity contribution is 0.195. The minimum atomic E-state index is -0.390. The molecular formula is C13H17NO3. The Morgan fingerprint density at radius 2 is 2.06 bits per heavy atom. The summed E-state index contributed by atoms with van der Waals surface area (Å²) in [5, 5.41) is 9.37. The maximum absolute atomic E-state index is 11.7. The monoisotopic (exact) mass is 235 g/mol. The molecule has 0 saturated heterocycles. The van der Waals surface area contributed by atoms with Crippen LogP contribution < -0.4 is 5.76 Å². The van der Waals surface area contributed by atoms with Crippen LogP contribution in [0.4, 0.5) is 0 Å². The van der Waals surface area contributed by atoms with Gasteiger partial charge in [0.2, 0.25) is 0 Å². The highest BCUT2D eigenvalue weighted by Crippen LogP contribution is 2.19. The van der Waals surface area contributed by atoms with Gasteiger partial charge in [-0.15, -0.1) is 0 Å². The van der Waals surface area contributed by atoms with Crippen LogP contribution in [0.25, 0.3) is 11.1 Å². The van der Waals surface area contributed by atoms with Gasteiger partial charge in [-0.3, -0.25) is 4.57 Å². The molecule has 0 aliphatic heterocycles. The Balaban J connectivity index is 2.58. The van der Waals surface area contributed by atoms with Crippen molar-refractivity contribution < 1.29 is 9.52 Å². The zero-order chi connectivity index (χ0) is 12.6. The molecule has 0 saturated carbocycles. The molecule has 1 aromatic heterocycles. The summed E-state index contributed by atoms with van der Waals surface area (Å²) in [6, 6.07) is 5.63. The van der Waals surface area contributed by atoms with Crippen molar-refractivity contribution in [3.63, 3.8) is 0 Å². The molecular weight excluding hydrogens is 218 g/mol. The van der Waals surface area contributed by atoms with E-state index in [0.717, 1.165) is 11.1 Å². The molecule has 1 atom stereocenters. The molecule has 0 radical (unpaired) electrons. The van der Waals surface area contributed by atoms with Crippen molar-refractivity contribution in [2.75, 3.05) is 0 Å². The van der Waals surface area contributed by atoms with Crippen LogP contribution in [0.2, 0.25) is 0 Å². The zero-order valence-electron chi connectivity index (χ0n) is 10.3. The fraction of sp³-hybridized carbons (Fsp3) is 0.462. The normalized spacial score (nSPS) is 13.5. The number of aliphatic hydroxyl groups excluding tert-OH is 1. The quantitative estimate of drug-likeness (QED) is 0.886. The van der Waals surface area contributed by atoms with Gasteiger partial charge in [0.1, 0.15) is 0 Å². The molecule has 0 bridgehead atoms. The summed E-state index contributed by atoms with van der Waals surface area (Å²) in [5.74, 6) is -0.329. The summed E-state index contributed by atoms with van der Waals surface area (Å²) in [6.07, 6.45) is 0.187. The van der Waals surface area contributed by atoms with Crippen LogP contribution in [0.1, 0.15) is 32.4 Å². The highest BCUT2D eigenvalue weighted by Gasteiger charge is 2.12. The molecule has 1 aromatic carbocycles. The molecule has 2 aromatic rings. The predicted molar refractivity (Wildman–Crippen MR) is 66.2 cm³/mol. The molecule has 0 fully saturated rings.